The van der Waals surface area contributed by atoms with Crippen molar-refractivity contribution in [3.8, 4) is 33.6 Å². The average molecular weight is 458 g/mol. The topological polar surface area (TPSA) is 120 Å². The van der Waals surface area contributed by atoms with E-state index in [1.165, 1.54) is 0 Å². The molecule has 5 aromatic rings. The number of benzene rings is 3. The standard InChI is InChI=1S/C24H19N5O3S/c1-12-17(11-18(22(30)31)20-19(12)26-23(25-2)27-20)14-9-7-13(8-10-14)15-5-3-4-6-16(15)21-28-24(33)32-29-21/h3-11H,1-2H3,(H,30,31)(H2,25,26,27)(H,28,29,33). The average Bonchev–Trinajstić information content (AvgIpc) is 3.46. The molecule has 0 radical (unpaired) electrons. The molecule has 0 aliphatic carbocycles. The molecule has 2 heterocycles. The van der Waals surface area contributed by atoms with Crippen molar-refractivity contribution in [2.24, 2.45) is 0 Å². The summed E-state index contributed by atoms with van der Waals surface area (Å²) in [5, 5.41) is 15.5. The Balaban J connectivity index is 1.61. The molecule has 0 atom stereocenters. The highest BCUT2D eigenvalue weighted by Gasteiger charge is 2.19. The number of aromatic amines is 2. The lowest BCUT2D eigenvalue weighted by Gasteiger charge is -2.11. The Bertz CT molecular complexity index is 1560. The number of carboxylic acids is 1. The Morgan fingerprint density at radius 2 is 1.70 bits per heavy atom. The van der Waals surface area contributed by atoms with Crippen LogP contribution in [-0.4, -0.2) is 38.2 Å². The van der Waals surface area contributed by atoms with E-state index in [1.807, 2.05) is 55.5 Å². The maximum atomic E-state index is 11.9. The first-order valence-electron chi connectivity index (χ1n) is 10.2. The number of imidazole rings is 1. The van der Waals surface area contributed by atoms with E-state index >= 15 is 0 Å². The fraction of sp³-hybridized carbons (Fsp3) is 0.0833. The number of aromatic nitrogens is 4. The summed E-state index contributed by atoms with van der Waals surface area (Å²) in [6, 6.07) is 17.5. The van der Waals surface area contributed by atoms with E-state index in [0.717, 1.165) is 33.4 Å². The van der Waals surface area contributed by atoms with Crippen LogP contribution in [0.1, 0.15) is 15.9 Å². The van der Waals surface area contributed by atoms with Crippen LogP contribution < -0.4 is 5.32 Å². The molecule has 0 fully saturated rings. The van der Waals surface area contributed by atoms with E-state index < -0.39 is 5.97 Å². The third-order valence-corrected chi connectivity index (χ3v) is 5.79. The minimum Gasteiger partial charge on any atom is -0.478 e. The van der Waals surface area contributed by atoms with Gasteiger partial charge in [0.2, 0.25) is 5.95 Å². The molecule has 0 unspecified atom stereocenters. The Kier molecular flexibility index (Phi) is 5.02. The van der Waals surface area contributed by atoms with Gasteiger partial charge in [-0.25, -0.2) is 14.9 Å². The van der Waals surface area contributed by atoms with Crippen molar-refractivity contribution < 1.29 is 14.4 Å². The van der Waals surface area contributed by atoms with Crippen LogP contribution in [0.25, 0.3) is 44.7 Å². The van der Waals surface area contributed by atoms with Crippen LogP contribution in [-0.2, 0) is 0 Å². The number of aromatic carboxylic acids is 1. The molecular weight excluding hydrogens is 438 g/mol. The molecule has 5 rings (SSSR count). The minimum atomic E-state index is -1.01. The van der Waals surface area contributed by atoms with Gasteiger partial charge in [0, 0.05) is 12.6 Å². The van der Waals surface area contributed by atoms with Crippen LogP contribution in [0.2, 0.25) is 0 Å². The van der Waals surface area contributed by atoms with Crippen LogP contribution in [0.15, 0.2) is 59.1 Å². The lowest BCUT2D eigenvalue weighted by molar-refractivity contribution is 0.0699. The zero-order valence-corrected chi connectivity index (χ0v) is 18.6. The highest BCUT2D eigenvalue weighted by atomic mass is 32.1. The van der Waals surface area contributed by atoms with Gasteiger partial charge in [-0.3, -0.25) is 0 Å². The summed E-state index contributed by atoms with van der Waals surface area (Å²) in [4.78, 5) is 23.9. The van der Waals surface area contributed by atoms with E-state index in [2.05, 4.69) is 25.4 Å². The zero-order chi connectivity index (χ0) is 23.1. The second-order valence-corrected chi connectivity index (χ2v) is 7.86. The molecule has 8 nitrogen and oxygen atoms in total. The van der Waals surface area contributed by atoms with Gasteiger partial charge in [0.1, 0.15) is 0 Å². The van der Waals surface area contributed by atoms with E-state index in [0.29, 0.717) is 22.8 Å². The molecule has 9 heteroatoms. The van der Waals surface area contributed by atoms with Crippen molar-refractivity contribution in [2.45, 2.75) is 6.92 Å². The molecule has 0 aliphatic heterocycles. The summed E-state index contributed by atoms with van der Waals surface area (Å²) in [5.74, 6) is 0.0700. The minimum absolute atomic E-state index is 0.148. The van der Waals surface area contributed by atoms with Crippen molar-refractivity contribution in [2.75, 3.05) is 12.4 Å². The first-order chi connectivity index (χ1) is 16.0. The van der Waals surface area contributed by atoms with Crippen LogP contribution >= 0.6 is 12.2 Å². The predicted octanol–water partition coefficient (Wildman–Crippen LogP) is 5.66. The lowest BCUT2D eigenvalue weighted by Crippen LogP contribution is -2.00. The zero-order valence-electron chi connectivity index (χ0n) is 17.8. The van der Waals surface area contributed by atoms with Crippen molar-refractivity contribution in [1.82, 2.24) is 20.1 Å². The predicted molar refractivity (Wildman–Crippen MR) is 129 cm³/mol. The maximum absolute atomic E-state index is 11.9. The fourth-order valence-corrected chi connectivity index (χ4v) is 4.13. The third kappa shape index (κ3) is 3.58. The number of hydrogen-bond acceptors (Lipinski definition) is 6. The Morgan fingerprint density at radius 1 is 1.03 bits per heavy atom. The lowest BCUT2D eigenvalue weighted by atomic mass is 9.93. The number of aryl methyl sites for hydroxylation is 1. The van der Waals surface area contributed by atoms with Crippen molar-refractivity contribution in [1.29, 1.82) is 0 Å². The second kappa shape index (κ2) is 8.03. The van der Waals surface area contributed by atoms with E-state index in [-0.39, 0.29) is 10.4 Å². The highest BCUT2D eigenvalue weighted by Crippen LogP contribution is 2.35. The van der Waals surface area contributed by atoms with Crippen LogP contribution in [0.5, 0.6) is 0 Å². The van der Waals surface area contributed by atoms with Gasteiger partial charge in [-0.15, -0.1) is 0 Å². The van der Waals surface area contributed by atoms with Gasteiger partial charge in [-0.1, -0.05) is 48.5 Å². The van der Waals surface area contributed by atoms with E-state index in [4.69, 9.17) is 16.7 Å². The number of fused-ring (bicyclic) bond motifs is 1. The number of carboxylic acid groups (broad SMARTS) is 1. The molecule has 3 aromatic carbocycles. The summed E-state index contributed by atoms with van der Waals surface area (Å²) >= 11 is 4.99. The summed E-state index contributed by atoms with van der Waals surface area (Å²) in [7, 11) is 1.73. The van der Waals surface area contributed by atoms with E-state index in [1.54, 1.807) is 13.1 Å². The number of H-pyrrole nitrogens is 2. The smallest absolute Gasteiger partial charge is 0.337 e. The molecule has 0 saturated heterocycles. The number of hydrogen-bond donors (Lipinski definition) is 4. The van der Waals surface area contributed by atoms with Crippen LogP contribution in [0, 0.1) is 11.8 Å². The fourth-order valence-electron chi connectivity index (χ4n) is 3.99. The number of anilines is 1. The molecule has 0 saturated carbocycles. The summed E-state index contributed by atoms with van der Waals surface area (Å²) in [6.45, 7) is 1.94. The molecule has 33 heavy (non-hydrogen) atoms. The maximum Gasteiger partial charge on any atom is 0.337 e. The number of nitrogens with zero attached hydrogens (tertiary/aromatic N) is 2. The van der Waals surface area contributed by atoms with Gasteiger partial charge in [0.15, 0.2) is 5.82 Å². The molecule has 0 bridgehead atoms. The Labute approximate surface area is 193 Å². The summed E-state index contributed by atoms with van der Waals surface area (Å²) in [5.41, 5.74) is 6.73. The van der Waals surface area contributed by atoms with Crippen molar-refractivity contribution in [3.63, 3.8) is 0 Å². The molecule has 0 aliphatic rings. The molecule has 0 amide bonds. The van der Waals surface area contributed by atoms with Crippen LogP contribution in [0.4, 0.5) is 5.95 Å². The largest absolute Gasteiger partial charge is 0.478 e. The number of carbonyl (C=O) groups is 1. The van der Waals surface area contributed by atoms with Crippen molar-refractivity contribution in [3.05, 3.63) is 70.6 Å². The quantitative estimate of drug-likeness (QED) is 0.251. The monoisotopic (exact) mass is 457 g/mol. The SMILES string of the molecule is CNc1nc2c(C)c(-c3ccc(-c4ccccc4-c4nc(=S)o[nH]4)cc3)cc(C(=O)O)c2[nH]1. The molecule has 0 spiro atoms. The van der Waals surface area contributed by atoms with Gasteiger partial charge in [-0.2, -0.15) is 4.98 Å². The van der Waals surface area contributed by atoms with Gasteiger partial charge < -0.3 is 19.9 Å². The third-order valence-electron chi connectivity index (χ3n) is 5.62. The molecule has 164 valence electrons. The molecule has 2 aromatic heterocycles. The Hall–Kier alpha value is -4.24. The van der Waals surface area contributed by atoms with Crippen molar-refractivity contribution >= 4 is 35.2 Å². The number of nitrogens with one attached hydrogen (secondary N) is 3. The van der Waals surface area contributed by atoms with Gasteiger partial charge in [0.05, 0.1) is 16.6 Å². The van der Waals surface area contributed by atoms with Gasteiger partial charge >= 0.3 is 10.8 Å². The second-order valence-electron chi connectivity index (χ2n) is 7.51. The van der Waals surface area contributed by atoms with Crippen LogP contribution in [0.3, 0.4) is 0 Å². The normalized spacial score (nSPS) is 11.1. The Morgan fingerprint density at radius 3 is 2.30 bits per heavy atom. The van der Waals surface area contributed by atoms with E-state index in [9.17, 15) is 9.90 Å². The van der Waals surface area contributed by atoms with Gasteiger partial charge in [0.25, 0.3) is 0 Å². The molecule has 4 N–H and O–H groups in total. The first kappa shape index (κ1) is 20.7. The molecular formula is C24H19N5O3S. The summed E-state index contributed by atoms with van der Waals surface area (Å²) < 4.78 is 5.09. The number of rotatable bonds is 5. The first-order valence-corrected chi connectivity index (χ1v) is 10.6. The van der Waals surface area contributed by atoms with Gasteiger partial charge in [-0.05, 0) is 53.0 Å². The summed E-state index contributed by atoms with van der Waals surface area (Å²) in [6.07, 6.45) is 0. The highest BCUT2D eigenvalue weighted by molar-refractivity contribution is 7.71.